The van der Waals surface area contributed by atoms with Crippen LogP contribution in [0.4, 0.5) is 9.93 Å². The number of amides is 2. The molecule has 6 nitrogen and oxygen atoms in total. The average molecular weight is 363 g/mol. The number of pyridine rings is 2. The topological polar surface area (TPSA) is 79.8 Å². The lowest BCUT2D eigenvalue weighted by atomic mass is 10.2. The fourth-order valence-corrected chi connectivity index (χ4v) is 2.95. The van der Waals surface area contributed by atoms with Crippen molar-refractivity contribution < 1.29 is 4.79 Å². The summed E-state index contributed by atoms with van der Waals surface area (Å²) in [5.74, 6) is 6.15. The number of anilines is 1. The van der Waals surface area contributed by atoms with Gasteiger partial charge in [0.25, 0.3) is 0 Å². The summed E-state index contributed by atoms with van der Waals surface area (Å²) in [6, 6.07) is 7.26. The number of carbonyl (C=O) groups is 1. The second kappa shape index (κ2) is 8.74. The van der Waals surface area contributed by atoms with E-state index in [0.717, 1.165) is 28.1 Å². The molecule has 3 heterocycles. The Morgan fingerprint density at radius 1 is 1.15 bits per heavy atom. The van der Waals surface area contributed by atoms with Gasteiger partial charge in [0.05, 0.1) is 5.69 Å². The molecular weight excluding hydrogens is 346 g/mol. The number of urea groups is 1. The third-order valence-corrected chi connectivity index (χ3v) is 4.43. The van der Waals surface area contributed by atoms with Crippen LogP contribution in [0.2, 0.25) is 0 Å². The van der Waals surface area contributed by atoms with E-state index < -0.39 is 0 Å². The molecular formula is C19H17N5OS. The number of nitrogens with one attached hydrogen (secondary N) is 2. The van der Waals surface area contributed by atoms with Crippen molar-refractivity contribution in [2.24, 2.45) is 0 Å². The Morgan fingerprint density at radius 3 is 2.77 bits per heavy atom. The Bertz CT molecular complexity index is 929. The molecule has 26 heavy (non-hydrogen) atoms. The van der Waals surface area contributed by atoms with Gasteiger partial charge in [0.15, 0.2) is 5.13 Å². The van der Waals surface area contributed by atoms with Gasteiger partial charge in [0.1, 0.15) is 4.88 Å². The van der Waals surface area contributed by atoms with Crippen LogP contribution in [0.3, 0.4) is 0 Å². The summed E-state index contributed by atoms with van der Waals surface area (Å²) < 4.78 is 0. The number of carbonyl (C=O) groups excluding carboxylic acids is 1. The van der Waals surface area contributed by atoms with Crippen molar-refractivity contribution in [1.82, 2.24) is 20.3 Å². The highest BCUT2D eigenvalue weighted by atomic mass is 32.1. The first-order valence-corrected chi connectivity index (χ1v) is 8.85. The number of hydrogen-bond acceptors (Lipinski definition) is 5. The molecule has 0 saturated heterocycles. The average Bonchev–Trinajstić information content (AvgIpc) is 3.01. The predicted octanol–water partition coefficient (Wildman–Crippen LogP) is 3.01. The van der Waals surface area contributed by atoms with Crippen LogP contribution in [0.1, 0.15) is 21.7 Å². The molecule has 3 aromatic heterocycles. The van der Waals surface area contributed by atoms with Crippen molar-refractivity contribution in [2.75, 3.05) is 11.9 Å². The molecule has 0 aliphatic heterocycles. The molecule has 7 heteroatoms. The monoisotopic (exact) mass is 363 g/mol. The van der Waals surface area contributed by atoms with Crippen LogP contribution in [0, 0.1) is 18.8 Å². The van der Waals surface area contributed by atoms with Crippen molar-refractivity contribution in [3.63, 3.8) is 0 Å². The fourth-order valence-electron chi connectivity index (χ4n) is 2.14. The first-order valence-electron chi connectivity index (χ1n) is 8.04. The van der Waals surface area contributed by atoms with E-state index in [1.165, 1.54) is 11.3 Å². The summed E-state index contributed by atoms with van der Waals surface area (Å²) in [7, 11) is 0. The van der Waals surface area contributed by atoms with Crippen LogP contribution < -0.4 is 10.6 Å². The highest BCUT2D eigenvalue weighted by Crippen LogP contribution is 2.21. The zero-order chi connectivity index (χ0) is 18.2. The van der Waals surface area contributed by atoms with Gasteiger partial charge in [-0.2, -0.15) is 0 Å². The van der Waals surface area contributed by atoms with E-state index in [1.807, 2.05) is 31.2 Å². The van der Waals surface area contributed by atoms with E-state index in [0.29, 0.717) is 11.7 Å². The van der Waals surface area contributed by atoms with Crippen molar-refractivity contribution in [2.45, 2.75) is 13.3 Å². The van der Waals surface area contributed by atoms with Crippen molar-refractivity contribution in [1.29, 1.82) is 0 Å². The van der Waals surface area contributed by atoms with Gasteiger partial charge in [-0.05, 0) is 43.0 Å². The van der Waals surface area contributed by atoms with Gasteiger partial charge >= 0.3 is 6.03 Å². The number of aromatic nitrogens is 3. The first kappa shape index (κ1) is 17.6. The van der Waals surface area contributed by atoms with Crippen LogP contribution in [-0.4, -0.2) is 27.5 Å². The lowest BCUT2D eigenvalue weighted by Gasteiger charge is -2.05. The third-order valence-electron chi connectivity index (χ3n) is 3.44. The van der Waals surface area contributed by atoms with E-state index in [2.05, 4.69) is 37.4 Å². The SMILES string of the molecule is Cc1nc(NC(=O)NCCc2cccnc2)sc1C#Cc1ccncc1. The maximum Gasteiger partial charge on any atom is 0.321 e. The summed E-state index contributed by atoms with van der Waals surface area (Å²) in [5.41, 5.74) is 2.75. The summed E-state index contributed by atoms with van der Waals surface area (Å²) in [4.78, 5) is 25.2. The molecule has 0 aliphatic carbocycles. The summed E-state index contributed by atoms with van der Waals surface area (Å²) in [6.45, 7) is 2.40. The molecule has 3 aromatic rings. The maximum absolute atomic E-state index is 12.0. The first-order chi connectivity index (χ1) is 12.7. The number of hydrogen-bond donors (Lipinski definition) is 2. The molecule has 0 atom stereocenters. The van der Waals surface area contributed by atoms with Crippen LogP contribution in [-0.2, 0) is 6.42 Å². The minimum atomic E-state index is -0.281. The van der Waals surface area contributed by atoms with Crippen LogP contribution in [0.15, 0.2) is 49.1 Å². The molecule has 0 aliphatic rings. The van der Waals surface area contributed by atoms with E-state index >= 15 is 0 Å². The molecule has 130 valence electrons. The summed E-state index contributed by atoms with van der Waals surface area (Å²) in [5, 5.41) is 6.09. The lowest BCUT2D eigenvalue weighted by Crippen LogP contribution is -2.30. The molecule has 0 radical (unpaired) electrons. The van der Waals surface area contributed by atoms with Crippen LogP contribution in [0.25, 0.3) is 0 Å². The molecule has 2 amide bonds. The Kier molecular flexibility index (Phi) is 5.91. The highest BCUT2D eigenvalue weighted by molar-refractivity contribution is 7.16. The largest absolute Gasteiger partial charge is 0.337 e. The smallest absolute Gasteiger partial charge is 0.321 e. The maximum atomic E-state index is 12.0. The minimum absolute atomic E-state index is 0.281. The molecule has 3 rings (SSSR count). The van der Waals surface area contributed by atoms with Gasteiger partial charge in [-0.15, -0.1) is 0 Å². The van der Waals surface area contributed by atoms with Gasteiger partial charge in [-0.3, -0.25) is 15.3 Å². The molecule has 0 unspecified atom stereocenters. The van der Waals surface area contributed by atoms with Gasteiger partial charge in [0, 0.05) is 36.9 Å². The van der Waals surface area contributed by atoms with E-state index in [-0.39, 0.29) is 6.03 Å². The second-order valence-corrected chi connectivity index (χ2v) is 6.41. The summed E-state index contributed by atoms with van der Waals surface area (Å²) >= 11 is 1.35. The van der Waals surface area contributed by atoms with Crippen molar-refractivity contribution >= 4 is 22.5 Å². The highest BCUT2D eigenvalue weighted by Gasteiger charge is 2.08. The number of aryl methyl sites for hydroxylation is 1. The molecule has 0 aromatic carbocycles. The number of rotatable bonds is 4. The standard InChI is InChI=1S/C19H17N5OS/c1-14-17(5-4-15-6-10-20-11-7-15)26-19(23-14)24-18(25)22-12-8-16-3-2-9-21-13-16/h2-3,6-7,9-11,13H,8,12H2,1H3,(H2,22,23,24,25). The minimum Gasteiger partial charge on any atom is -0.337 e. The molecule has 0 fully saturated rings. The van der Waals surface area contributed by atoms with Gasteiger partial charge < -0.3 is 5.32 Å². The zero-order valence-electron chi connectivity index (χ0n) is 14.2. The van der Waals surface area contributed by atoms with Crippen molar-refractivity contribution in [3.05, 3.63) is 70.8 Å². The number of nitrogens with zero attached hydrogens (tertiary/aromatic N) is 3. The number of thiazole rings is 1. The Labute approximate surface area is 155 Å². The van der Waals surface area contributed by atoms with Gasteiger partial charge in [0.2, 0.25) is 0 Å². The van der Waals surface area contributed by atoms with E-state index in [9.17, 15) is 4.79 Å². The second-order valence-electron chi connectivity index (χ2n) is 5.41. The molecule has 0 bridgehead atoms. The van der Waals surface area contributed by atoms with E-state index in [1.54, 1.807) is 24.8 Å². The normalized spacial score (nSPS) is 9.88. The van der Waals surface area contributed by atoms with Gasteiger partial charge in [-0.25, -0.2) is 9.78 Å². The van der Waals surface area contributed by atoms with Gasteiger partial charge in [-0.1, -0.05) is 23.3 Å². The molecule has 0 saturated carbocycles. The van der Waals surface area contributed by atoms with Crippen LogP contribution in [0.5, 0.6) is 0 Å². The zero-order valence-corrected chi connectivity index (χ0v) is 15.0. The van der Waals surface area contributed by atoms with Crippen LogP contribution >= 0.6 is 11.3 Å². The van der Waals surface area contributed by atoms with E-state index in [4.69, 9.17) is 0 Å². The molecule has 2 N–H and O–H groups in total. The Balaban J connectivity index is 1.54. The quantitative estimate of drug-likeness (QED) is 0.699. The predicted molar refractivity (Wildman–Crippen MR) is 102 cm³/mol. The van der Waals surface area contributed by atoms with Crippen molar-refractivity contribution in [3.8, 4) is 11.8 Å². The Morgan fingerprint density at radius 2 is 2.00 bits per heavy atom. The third kappa shape index (κ3) is 5.13. The fraction of sp³-hybridized carbons (Fsp3) is 0.158. The molecule has 0 spiro atoms. The lowest BCUT2D eigenvalue weighted by molar-refractivity contribution is 0.252. The Hall–Kier alpha value is -3.24. The summed E-state index contributed by atoms with van der Waals surface area (Å²) in [6.07, 6.45) is 7.64.